The number of anilines is 1. The van der Waals surface area contributed by atoms with Gasteiger partial charge in [0, 0.05) is 11.9 Å². The van der Waals surface area contributed by atoms with Crippen LogP contribution in [0.15, 0.2) is 36.4 Å². The van der Waals surface area contributed by atoms with Gasteiger partial charge < -0.3 is 15.0 Å². The van der Waals surface area contributed by atoms with Crippen molar-refractivity contribution in [3.8, 4) is 6.07 Å². The van der Waals surface area contributed by atoms with Gasteiger partial charge in [-0.3, -0.25) is 10.1 Å². The molecule has 0 aliphatic rings. The predicted octanol–water partition coefficient (Wildman–Crippen LogP) is 1.35. The van der Waals surface area contributed by atoms with Crippen molar-refractivity contribution in [1.29, 1.82) is 5.26 Å². The molecule has 0 aliphatic carbocycles. The van der Waals surface area contributed by atoms with Crippen LogP contribution >= 0.6 is 0 Å². The molecule has 0 radical (unpaired) electrons. The highest BCUT2D eigenvalue weighted by atomic mass is 16.6. The monoisotopic (exact) mass is 341 g/mol. The predicted molar refractivity (Wildman–Crippen MR) is 92.8 cm³/mol. The second-order valence-corrected chi connectivity index (χ2v) is 5.55. The van der Waals surface area contributed by atoms with Gasteiger partial charge in [0.25, 0.3) is 5.91 Å². The van der Waals surface area contributed by atoms with E-state index in [1.54, 1.807) is 31.1 Å². The number of fused-ring (bicyclic) bond motifs is 1. The molecule has 1 aromatic heterocycles. The van der Waals surface area contributed by atoms with Crippen molar-refractivity contribution in [2.45, 2.75) is 6.10 Å². The Morgan fingerprint density at radius 1 is 1.28 bits per heavy atom. The number of para-hydroxylation sites is 1. The SMILES string of the molecule is CN(C)CC(OC(=O)Nc1ccc2ccccc2n1)C(=O)NCC#N. The number of carbonyl (C=O) groups is 2. The lowest BCUT2D eigenvalue weighted by atomic mass is 10.2. The van der Waals surface area contributed by atoms with Gasteiger partial charge in [0.05, 0.1) is 11.6 Å². The number of hydrogen-bond acceptors (Lipinski definition) is 6. The third-order valence-corrected chi connectivity index (χ3v) is 3.24. The van der Waals surface area contributed by atoms with Crippen LogP contribution in [-0.4, -0.2) is 55.2 Å². The fraction of sp³-hybridized carbons (Fsp3) is 0.294. The fourth-order valence-corrected chi connectivity index (χ4v) is 2.14. The van der Waals surface area contributed by atoms with Crippen molar-refractivity contribution in [2.24, 2.45) is 0 Å². The van der Waals surface area contributed by atoms with E-state index in [1.807, 2.05) is 30.3 Å². The third-order valence-electron chi connectivity index (χ3n) is 3.24. The van der Waals surface area contributed by atoms with Crippen molar-refractivity contribution in [3.63, 3.8) is 0 Å². The molecular weight excluding hydrogens is 322 g/mol. The number of carbonyl (C=O) groups excluding carboxylic acids is 2. The lowest BCUT2D eigenvalue weighted by Gasteiger charge is -2.20. The van der Waals surface area contributed by atoms with Gasteiger partial charge >= 0.3 is 6.09 Å². The van der Waals surface area contributed by atoms with Crippen LogP contribution in [0.2, 0.25) is 0 Å². The van der Waals surface area contributed by atoms with Crippen molar-refractivity contribution in [2.75, 3.05) is 32.5 Å². The molecule has 8 heteroatoms. The molecule has 1 atom stereocenters. The first kappa shape index (κ1) is 18.2. The zero-order valence-electron chi connectivity index (χ0n) is 14.0. The fourth-order valence-electron chi connectivity index (χ4n) is 2.14. The van der Waals surface area contributed by atoms with E-state index >= 15 is 0 Å². The van der Waals surface area contributed by atoms with Crippen molar-refractivity contribution in [1.82, 2.24) is 15.2 Å². The summed E-state index contributed by atoms with van der Waals surface area (Å²) in [5, 5.41) is 14.4. The van der Waals surface area contributed by atoms with Gasteiger partial charge in [-0.05, 0) is 32.3 Å². The Kier molecular flexibility index (Phi) is 6.26. The number of benzene rings is 1. The molecule has 2 aromatic rings. The number of pyridine rings is 1. The van der Waals surface area contributed by atoms with Crippen LogP contribution in [0.1, 0.15) is 0 Å². The van der Waals surface area contributed by atoms with Crippen LogP contribution in [0.4, 0.5) is 10.6 Å². The molecule has 0 saturated heterocycles. The summed E-state index contributed by atoms with van der Waals surface area (Å²) in [5.74, 6) is -0.207. The second-order valence-electron chi connectivity index (χ2n) is 5.55. The van der Waals surface area contributed by atoms with Crippen LogP contribution in [0.5, 0.6) is 0 Å². The van der Waals surface area contributed by atoms with E-state index in [1.165, 1.54) is 0 Å². The molecule has 2 N–H and O–H groups in total. The van der Waals surface area contributed by atoms with Crippen LogP contribution in [0.25, 0.3) is 10.9 Å². The van der Waals surface area contributed by atoms with Crippen molar-refractivity contribution >= 4 is 28.7 Å². The quantitative estimate of drug-likeness (QED) is 0.768. The lowest BCUT2D eigenvalue weighted by molar-refractivity contribution is -0.129. The first-order valence-electron chi connectivity index (χ1n) is 7.62. The number of nitriles is 1. The van der Waals surface area contributed by atoms with Crippen LogP contribution < -0.4 is 10.6 Å². The van der Waals surface area contributed by atoms with E-state index in [-0.39, 0.29) is 13.1 Å². The Morgan fingerprint density at radius 3 is 2.76 bits per heavy atom. The molecule has 130 valence electrons. The molecule has 0 fully saturated rings. The Hall–Kier alpha value is -3.18. The zero-order valence-corrected chi connectivity index (χ0v) is 14.0. The van der Waals surface area contributed by atoms with Gasteiger partial charge in [-0.2, -0.15) is 5.26 Å². The lowest BCUT2D eigenvalue weighted by Crippen LogP contribution is -2.44. The van der Waals surface area contributed by atoms with Gasteiger partial charge in [0.1, 0.15) is 12.4 Å². The maximum atomic E-state index is 12.1. The smallest absolute Gasteiger partial charge is 0.413 e. The average molecular weight is 341 g/mol. The minimum absolute atomic E-state index is 0.153. The number of likely N-dealkylation sites (N-methyl/N-ethyl adjacent to an activating group) is 1. The van der Waals surface area contributed by atoms with Crippen LogP contribution in [0.3, 0.4) is 0 Å². The molecule has 1 unspecified atom stereocenters. The highest BCUT2D eigenvalue weighted by Gasteiger charge is 2.23. The topological polar surface area (TPSA) is 107 Å². The normalized spacial score (nSPS) is 11.6. The molecule has 1 aromatic carbocycles. The molecular formula is C17H19N5O3. The van der Waals surface area contributed by atoms with E-state index in [0.717, 1.165) is 10.9 Å². The summed E-state index contributed by atoms with van der Waals surface area (Å²) in [6.45, 7) is 0.0375. The number of ether oxygens (including phenoxy) is 1. The Bertz CT molecular complexity index is 800. The van der Waals surface area contributed by atoms with Crippen LogP contribution in [-0.2, 0) is 9.53 Å². The van der Waals surface area contributed by atoms with Gasteiger partial charge in [0.15, 0.2) is 6.10 Å². The van der Waals surface area contributed by atoms with E-state index in [0.29, 0.717) is 5.82 Å². The van der Waals surface area contributed by atoms with Gasteiger partial charge in [-0.25, -0.2) is 9.78 Å². The average Bonchev–Trinajstić information content (AvgIpc) is 2.58. The zero-order chi connectivity index (χ0) is 18.2. The summed E-state index contributed by atoms with van der Waals surface area (Å²) < 4.78 is 5.18. The molecule has 2 amide bonds. The number of hydrogen-bond donors (Lipinski definition) is 2. The van der Waals surface area contributed by atoms with Crippen molar-refractivity contribution in [3.05, 3.63) is 36.4 Å². The minimum Gasteiger partial charge on any atom is -0.434 e. The number of aromatic nitrogens is 1. The molecule has 1 heterocycles. The molecule has 8 nitrogen and oxygen atoms in total. The molecule has 0 aliphatic heterocycles. The summed E-state index contributed by atoms with van der Waals surface area (Å²) in [5.41, 5.74) is 0.733. The van der Waals surface area contributed by atoms with E-state index < -0.39 is 18.1 Å². The highest BCUT2D eigenvalue weighted by molar-refractivity contribution is 5.89. The maximum Gasteiger partial charge on any atom is 0.413 e. The molecule has 0 saturated carbocycles. The van der Waals surface area contributed by atoms with Gasteiger partial charge in [-0.1, -0.05) is 18.2 Å². The van der Waals surface area contributed by atoms with E-state index in [2.05, 4.69) is 15.6 Å². The summed E-state index contributed by atoms with van der Waals surface area (Å²) in [6, 6.07) is 12.8. The first-order valence-corrected chi connectivity index (χ1v) is 7.62. The Morgan fingerprint density at radius 2 is 2.04 bits per heavy atom. The van der Waals surface area contributed by atoms with Crippen molar-refractivity contribution < 1.29 is 14.3 Å². The number of rotatable bonds is 6. The second kappa shape index (κ2) is 8.61. The van der Waals surface area contributed by atoms with Gasteiger partial charge in [-0.15, -0.1) is 0 Å². The largest absolute Gasteiger partial charge is 0.434 e. The molecule has 0 bridgehead atoms. The van der Waals surface area contributed by atoms with E-state index in [4.69, 9.17) is 10.00 Å². The third kappa shape index (κ3) is 5.44. The maximum absolute atomic E-state index is 12.1. The summed E-state index contributed by atoms with van der Waals surface area (Å²) in [7, 11) is 3.49. The number of nitrogens with one attached hydrogen (secondary N) is 2. The van der Waals surface area contributed by atoms with E-state index in [9.17, 15) is 9.59 Å². The first-order chi connectivity index (χ1) is 12.0. The molecule has 2 rings (SSSR count). The highest BCUT2D eigenvalue weighted by Crippen LogP contribution is 2.14. The standard InChI is InChI=1S/C17H19N5O3/c1-22(2)11-14(16(23)19-10-9-18)25-17(24)21-15-8-7-12-5-3-4-6-13(12)20-15/h3-8,14H,10-11H2,1-2H3,(H,19,23)(H,20,21,24). The summed E-state index contributed by atoms with van der Waals surface area (Å²) in [6.07, 6.45) is -1.83. The molecule has 0 spiro atoms. The van der Waals surface area contributed by atoms with Gasteiger partial charge in [0.2, 0.25) is 0 Å². The Balaban J connectivity index is 2.03. The summed E-state index contributed by atoms with van der Waals surface area (Å²) in [4.78, 5) is 30.1. The minimum atomic E-state index is -1.04. The Labute approximate surface area is 145 Å². The summed E-state index contributed by atoms with van der Waals surface area (Å²) >= 11 is 0. The number of nitrogens with zero attached hydrogens (tertiary/aromatic N) is 3. The number of amides is 2. The van der Waals surface area contributed by atoms with Crippen LogP contribution in [0, 0.1) is 11.3 Å². The molecule has 25 heavy (non-hydrogen) atoms.